The molecule has 2 rings (SSSR count). The molecule has 0 radical (unpaired) electrons. The molecule has 1 aromatic heterocycles. The molecule has 0 aliphatic rings. The lowest BCUT2D eigenvalue weighted by Crippen LogP contribution is -2.24. The standard InChI is InChI=1S/C12H12N4O2S/c1-9-11(7-14-16-9)8-15-19(17,18)12-5-3-2-4-10(12)6-13/h2-5,7,15H,8H2,1H3,(H,14,16). The van der Waals surface area contributed by atoms with Crippen LogP contribution in [0.4, 0.5) is 0 Å². The fourth-order valence-electron chi connectivity index (χ4n) is 1.60. The van der Waals surface area contributed by atoms with Crippen molar-refractivity contribution >= 4 is 10.0 Å². The molecule has 6 nitrogen and oxygen atoms in total. The normalized spacial score (nSPS) is 11.2. The summed E-state index contributed by atoms with van der Waals surface area (Å²) in [6, 6.07) is 7.95. The quantitative estimate of drug-likeness (QED) is 0.872. The fraction of sp³-hybridized carbons (Fsp3) is 0.167. The van der Waals surface area contributed by atoms with Crippen LogP contribution in [-0.2, 0) is 16.6 Å². The van der Waals surface area contributed by atoms with Crippen LogP contribution in [0.25, 0.3) is 0 Å². The van der Waals surface area contributed by atoms with Crippen molar-refractivity contribution in [3.05, 3.63) is 47.3 Å². The third kappa shape index (κ3) is 2.81. The van der Waals surface area contributed by atoms with Gasteiger partial charge in [-0.05, 0) is 19.1 Å². The number of aromatic nitrogens is 2. The van der Waals surface area contributed by atoms with Crippen molar-refractivity contribution in [2.75, 3.05) is 0 Å². The Hall–Kier alpha value is -2.17. The first-order chi connectivity index (χ1) is 9.04. The van der Waals surface area contributed by atoms with Gasteiger partial charge in [-0.2, -0.15) is 10.4 Å². The molecule has 1 heterocycles. The van der Waals surface area contributed by atoms with Crippen LogP contribution < -0.4 is 4.72 Å². The number of nitrogens with one attached hydrogen (secondary N) is 2. The van der Waals surface area contributed by atoms with Crippen molar-refractivity contribution in [3.63, 3.8) is 0 Å². The summed E-state index contributed by atoms with van der Waals surface area (Å²) in [7, 11) is -3.71. The smallest absolute Gasteiger partial charge is 0.242 e. The molecule has 2 aromatic rings. The first kappa shape index (κ1) is 13.3. The molecule has 2 N–H and O–H groups in total. The molecule has 0 atom stereocenters. The summed E-state index contributed by atoms with van der Waals surface area (Å²) in [4.78, 5) is -0.0151. The van der Waals surface area contributed by atoms with E-state index in [1.165, 1.54) is 12.1 Å². The van der Waals surface area contributed by atoms with Crippen LogP contribution in [0.15, 0.2) is 35.4 Å². The van der Waals surface area contributed by atoms with Crippen molar-refractivity contribution in [2.45, 2.75) is 18.4 Å². The molecule has 1 aromatic carbocycles. The van der Waals surface area contributed by atoms with Crippen molar-refractivity contribution in [3.8, 4) is 6.07 Å². The number of aryl methyl sites for hydroxylation is 1. The number of hydrogen-bond acceptors (Lipinski definition) is 4. The van der Waals surface area contributed by atoms with Crippen LogP contribution in [0.1, 0.15) is 16.8 Å². The highest BCUT2D eigenvalue weighted by atomic mass is 32.2. The molecule has 98 valence electrons. The molecule has 0 spiro atoms. The number of nitrogens with zero attached hydrogens (tertiary/aromatic N) is 2. The molecule has 0 fully saturated rings. The molecular weight excluding hydrogens is 264 g/mol. The van der Waals surface area contributed by atoms with E-state index in [1.807, 2.05) is 6.07 Å². The van der Waals surface area contributed by atoms with Crippen LogP contribution in [0, 0.1) is 18.3 Å². The van der Waals surface area contributed by atoms with Crippen LogP contribution in [0.3, 0.4) is 0 Å². The van der Waals surface area contributed by atoms with Crippen molar-refractivity contribution in [2.24, 2.45) is 0 Å². The van der Waals surface area contributed by atoms with Gasteiger partial charge in [-0.25, -0.2) is 13.1 Å². The number of sulfonamides is 1. The zero-order valence-corrected chi connectivity index (χ0v) is 11.0. The lowest BCUT2D eigenvalue weighted by Gasteiger charge is -2.07. The molecular formula is C12H12N4O2S. The fourth-order valence-corrected chi connectivity index (χ4v) is 2.76. The Bertz CT molecular complexity index is 728. The average molecular weight is 276 g/mol. The van der Waals surface area contributed by atoms with Gasteiger partial charge in [0.05, 0.1) is 16.7 Å². The number of aromatic amines is 1. The third-order valence-corrected chi connectivity index (χ3v) is 4.14. The van der Waals surface area contributed by atoms with Crippen LogP contribution >= 0.6 is 0 Å². The van der Waals surface area contributed by atoms with Crippen molar-refractivity contribution in [1.82, 2.24) is 14.9 Å². The Balaban J connectivity index is 2.24. The van der Waals surface area contributed by atoms with E-state index >= 15 is 0 Å². The molecule has 0 amide bonds. The third-order valence-electron chi connectivity index (χ3n) is 2.68. The maximum atomic E-state index is 12.1. The number of benzene rings is 1. The summed E-state index contributed by atoms with van der Waals surface area (Å²) in [6.07, 6.45) is 1.56. The Kier molecular flexibility index (Phi) is 3.64. The van der Waals surface area contributed by atoms with Gasteiger partial charge >= 0.3 is 0 Å². The Morgan fingerprint density at radius 1 is 1.42 bits per heavy atom. The van der Waals surface area contributed by atoms with Gasteiger partial charge in [0, 0.05) is 17.8 Å². The maximum absolute atomic E-state index is 12.1. The van der Waals surface area contributed by atoms with Gasteiger partial charge in [-0.15, -0.1) is 0 Å². The van der Waals surface area contributed by atoms with Crippen molar-refractivity contribution in [1.29, 1.82) is 5.26 Å². The van der Waals surface area contributed by atoms with E-state index in [9.17, 15) is 8.42 Å². The lowest BCUT2D eigenvalue weighted by atomic mass is 10.2. The molecule has 19 heavy (non-hydrogen) atoms. The second-order valence-corrected chi connectivity index (χ2v) is 5.69. The van der Waals surface area contributed by atoms with E-state index in [0.29, 0.717) is 0 Å². The summed E-state index contributed by atoms with van der Waals surface area (Å²) >= 11 is 0. The number of hydrogen-bond donors (Lipinski definition) is 2. The van der Waals surface area contributed by atoms with Crippen LogP contribution in [-0.4, -0.2) is 18.6 Å². The Labute approximate surface area is 111 Å². The average Bonchev–Trinajstić information content (AvgIpc) is 2.82. The minimum Gasteiger partial charge on any atom is -0.283 e. The second-order valence-electron chi connectivity index (χ2n) is 3.95. The van der Waals surface area contributed by atoms with Gasteiger partial charge in [0.15, 0.2) is 0 Å². The second kappa shape index (κ2) is 5.22. The predicted molar refractivity (Wildman–Crippen MR) is 68.5 cm³/mol. The minimum absolute atomic E-state index is 0.0151. The van der Waals surface area contributed by atoms with E-state index in [2.05, 4.69) is 14.9 Å². The summed E-state index contributed by atoms with van der Waals surface area (Å²) < 4.78 is 26.7. The summed E-state index contributed by atoms with van der Waals surface area (Å²) in [5.41, 5.74) is 1.69. The molecule has 0 unspecified atom stereocenters. The first-order valence-corrected chi connectivity index (χ1v) is 7.00. The molecule has 0 saturated heterocycles. The topological polar surface area (TPSA) is 98.6 Å². The van der Waals surface area contributed by atoms with Gasteiger partial charge in [-0.1, -0.05) is 12.1 Å². The van der Waals surface area contributed by atoms with E-state index in [-0.39, 0.29) is 17.0 Å². The summed E-state index contributed by atoms with van der Waals surface area (Å²) in [5, 5.41) is 15.5. The first-order valence-electron chi connectivity index (χ1n) is 5.52. The van der Waals surface area contributed by atoms with E-state index in [1.54, 1.807) is 25.3 Å². The number of rotatable bonds is 4. The van der Waals surface area contributed by atoms with Crippen LogP contribution in [0.2, 0.25) is 0 Å². The zero-order chi connectivity index (χ0) is 13.9. The van der Waals surface area contributed by atoms with E-state index in [0.717, 1.165) is 11.3 Å². The van der Waals surface area contributed by atoms with Gasteiger partial charge in [0.25, 0.3) is 0 Å². The molecule has 0 aliphatic heterocycles. The lowest BCUT2D eigenvalue weighted by molar-refractivity contribution is 0.581. The van der Waals surface area contributed by atoms with E-state index < -0.39 is 10.0 Å². The van der Waals surface area contributed by atoms with Crippen LogP contribution in [0.5, 0.6) is 0 Å². The monoisotopic (exact) mass is 276 g/mol. The van der Waals surface area contributed by atoms with E-state index in [4.69, 9.17) is 5.26 Å². The minimum atomic E-state index is -3.71. The maximum Gasteiger partial charge on any atom is 0.242 e. The van der Waals surface area contributed by atoms with Gasteiger partial charge in [0.2, 0.25) is 10.0 Å². The highest BCUT2D eigenvalue weighted by Crippen LogP contribution is 2.14. The zero-order valence-electron chi connectivity index (χ0n) is 10.2. The highest BCUT2D eigenvalue weighted by molar-refractivity contribution is 7.89. The largest absolute Gasteiger partial charge is 0.283 e. The summed E-state index contributed by atoms with van der Waals surface area (Å²) in [6.45, 7) is 1.93. The molecule has 7 heteroatoms. The molecule has 0 aliphatic carbocycles. The Morgan fingerprint density at radius 3 is 2.79 bits per heavy atom. The highest BCUT2D eigenvalue weighted by Gasteiger charge is 2.18. The van der Waals surface area contributed by atoms with Gasteiger partial charge in [0.1, 0.15) is 6.07 Å². The number of nitriles is 1. The number of H-pyrrole nitrogens is 1. The predicted octanol–water partition coefficient (Wildman–Crippen LogP) is 1.07. The SMILES string of the molecule is Cc1[nH]ncc1CNS(=O)(=O)c1ccccc1C#N. The Morgan fingerprint density at radius 2 is 2.16 bits per heavy atom. The van der Waals surface area contributed by atoms with Gasteiger partial charge in [-0.3, -0.25) is 5.10 Å². The molecule has 0 saturated carbocycles. The summed E-state index contributed by atoms with van der Waals surface area (Å²) in [5.74, 6) is 0. The van der Waals surface area contributed by atoms with Gasteiger partial charge < -0.3 is 0 Å². The van der Waals surface area contributed by atoms with Crippen molar-refractivity contribution < 1.29 is 8.42 Å². The molecule has 0 bridgehead atoms.